The molecule has 4 rings (SSSR count). The lowest BCUT2D eigenvalue weighted by molar-refractivity contribution is -0.110. The van der Waals surface area contributed by atoms with Gasteiger partial charge in [0.25, 0.3) is 0 Å². The molecule has 27 heavy (non-hydrogen) atoms. The molecule has 3 aromatic carbocycles. The number of halogens is 1. The summed E-state index contributed by atoms with van der Waals surface area (Å²) in [5.74, 6) is 0.528. The number of hydrogen-bond donors (Lipinski definition) is 0. The number of anilines is 1. The average Bonchev–Trinajstić information content (AvgIpc) is 2.69. The van der Waals surface area contributed by atoms with Crippen LogP contribution in [-0.2, 0) is 11.4 Å². The van der Waals surface area contributed by atoms with Crippen LogP contribution in [0.3, 0.4) is 0 Å². The van der Waals surface area contributed by atoms with Crippen LogP contribution in [0, 0.1) is 5.82 Å². The lowest BCUT2D eigenvalue weighted by Gasteiger charge is -2.48. The van der Waals surface area contributed by atoms with Crippen LogP contribution >= 0.6 is 0 Å². The van der Waals surface area contributed by atoms with Gasteiger partial charge < -0.3 is 14.4 Å². The fourth-order valence-electron chi connectivity index (χ4n) is 3.48. The summed E-state index contributed by atoms with van der Waals surface area (Å²) in [5.41, 5.74) is 3.09. The van der Waals surface area contributed by atoms with E-state index < -0.39 is 0 Å². The van der Waals surface area contributed by atoms with Crippen molar-refractivity contribution in [2.24, 2.45) is 0 Å². The minimum Gasteiger partial charge on any atom is -0.489 e. The van der Waals surface area contributed by atoms with Gasteiger partial charge in [0.05, 0.1) is 12.1 Å². The number of carbonyl (C=O) groups excluding carboxylic acids is 1. The second-order valence-electron chi connectivity index (χ2n) is 6.68. The average molecular weight is 361 g/mol. The Morgan fingerprint density at radius 3 is 2.33 bits per heavy atom. The number of hydrogen-bond acceptors (Lipinski definition) is 3. The first-order valence-electron chi connectivity index (χ1n) is 9.00. The molecule has 0 spiro atoms. The third kappa shape index (κ3) is 3.70. The Hall–Kier alpha value is -3.14. The minimum absolute atomic E-state index is 0.105. The topological polar surface area (TPSA) is 29.5 Å². The summed E-state index contributed by atoms with van der Waals surface area (Å²) >= 11 is 0. The molecule has 3 aromatic rings. The lowest BCUT2D eigenvalue weighted by atomic mass is 9.87. The maximum atomic E-state index is 13.2. The van der Waals surface area contributed by atoms with Gasteiger partial charge in [-0.05, 0) is 53.9 Å². The van der Waals surface area contributed by atoms with E-state index in [9.17, 15) is 9.18 Å². The Labute approximate surface area is 158 Å². The van der Waals surface area contributed by atoms with E-state index in [0.717, 1.165) is 35.3 Å². The maximum Gasteiger partial charge on any atom is 0.142 e. The normalized spacial score (nSPS) is 18.6. The summed E-state index contributed by atoms with van der Waals surface area (Å²) in [6.07, 6.45) is 1.71. The molecule has 1 aliphatic heterocycles. The fourth-order valence-corrected chi connectivity index (χ4v) is 3.48. The molecule has 136 valence electrons. The van der Waals surface area contributed by atoms with E-state index in [4.69, 9.17) is 4.74 Å². The van der Waals surface area contributed by atoms with Gasteiger partial charge in [-0.1, -0.05) is 42.5 Å². The molecule has 1 unspecified atom stereocenters. The van der Waals surface area contributed by atoms with Gasteiger partial charge in [-0.15, -0.1) is 0 Å². The van der Waals surface area contributed by atoms with Gasteiger partial charge in [0.2, 0.25) is 0 Å². The Bertz CT molecular complexity index is 894. The second-order valence-corrected chi connectivity index (χ2v) is 6.68. The van der Waals surface area contributed by atoms with Crippen LogP contribution in [-0.4, -0.2) is 12.3 Å². The summed E-state index contributed by atoms with van der Waals surface area (Å²) < 4.78 is 19.0. The Balaban J connectivity index is 1.46. The molecular weight excluding hydrogens is 341 g/mol. The van der Waals surface area contributed by atoms with Crippen molar-refractivity contribution in [3.63, 3.8) is 0 Å². The van der Waals surface area contributed by atoms with Gasteiger partial charge in [-0.3, -0.25) is 0 Å². The van der Waals surface area contributed by atoms with Gasteiger partial charge in [0, 0.05) is 5.69 Å². The van der Waals surface area contributed by atoms with Crippen molar-refractivity contribution in [2.45, 2.75) is 25.1 Å². The molecule has 1 heterocycles. The molecule has 0 amide bonds. The van der Waals surface area contributed by atoms with E-state index in [-0.39, 0.29) is 17.9 Å². The quantitative estimate of drug-likeness (QED) is 0.584. The van der Waals surface area contributed by atoms with Gasteiger partial charge >= 0.3 is 0 Å². The third-order valence-electron chi connectivity index (χ3n) is 4.95. The highest BCUT2D eigenvalue weighted by Gasteiger charge is 2.39. The number of rotatable bonds is 6. The van der Waals surface area contributed by atoms with Crippen LogP contribution < -0.4 is 9.64 Å². The van der Waals surface area contributed by atoms with Crippen molar-refractivity contribution in [1.82, 2.24) is 0 Å². The Morgan fingerprint density at radius 1 is 0.963 bits per heavy atom. The number of ether oxygens (including phenoxy) is 1. The van der Waals surface area contributed by atoms with Crippen LogP contribution in [0.1, 0.15) is 23.6 Å². The van der Waals surface area contributed by atoms with E-state index >= 15 is 0 Å². The van der Waals surface area contributed by atoms with E-state index in [1.807, 2.05) is 59.5 Å². The van der Waals surface area contributed by atoms with Crippen molar-refractivity contribution in [3.05, 3.63) is 95.8 Å². The fraction of sp³-hybridized carbons (Fsp3) is 0.174. The van der Waals surface area contributed by atoms with Crippen molar-refractivity contribution in [2.75, 3.05) is 4.90 Å². The first-order valence-corrected chi connectivity index (χ1v) is 9.00. The first-order chi connectivity index (χ1) is 13.2. The van der Waals surface area contributed by atoms with Gasteiger partial charge in [0.15, 0.2) is 0 Å². The van der Waals surface area contributed by atoms with Gasteiger partial charge in [0.1, 0.15) is 24.5 Å². The van der Waals surface area contributed by atoms with Crippen LogP contribution in [0.5, 0.6) is 5.75 Å². The number of nitrogens with zero attached hydrogens (tertiary/aromatic N) is 1. The SMILES string of the molecule is O=CC1C[C@@H](c2ccc(OCc3ccccc3)cc2)N1c1ccc(F)cc1. The highest BCUT2D eigenvalue weighted by Crippen LogP contribution is 2.42. The predicted octanol–water partition coefficient (Wildman–Crippen LogP) is 4.92. The van der Waals surface area contributed by atoms with Gasteiger partial charge in [-0.2, -0.15) is 0 Å². The molecule has 0 saturated carbocycles. The second kappa shape index (κ2) is 7.62. The molecule has 1 saturated heterocycles. The zero-order chi connectivity index (χ0) is 18.6. The minimum atomic E-state index is -0.279. The van der Waals surface area contributed by atoms with Crippen LogP contribution in [0.2, 0.25) is 0 Å². The maximum absolute atomic E-state index is 13.2. The molecule has 0 bridgehead atoms. The Kier molecular flexibility index (Phi) is 4.88. The highest BCUT2D eigenvalue weighted by atomic mass is 19.1. The van der Waals surface area contributed by atoms with E-state index in [1.54, 1.807) is 12.1 Å². The van der Waals surface area contributed by atoms with E-state index in [2.05, 4.69) is 0 Å². The molecule has 0 N–H and O–H groups in total. The first kappa shape index (κ1) is 17.3. The predicted molar refractivity (Wildman–Crippen MR) is 103 cm³/mol. The van der Waals surface area contributed by atoms with Crippen molar-refractivity contribution < 1.29 is 13.9 Å². The molecule has 4 heteroatoms. The molecule has 3 nitrogen and oxygen atoms in total. The molecule has 0 aromatic heterocycles. The molecule has 1 fully saturated rings. The number of aldehydes is 1. The molecule has 0 aliphatic carbocycles. The van der Waals surface area contributed by atoms with Crippen LogP contribution in [0.4, 0.5) is 10.1 Å². The molecular formula is C23H20FNO2. The third-order valence-corrected chi connectivity index (χ3v) is 4.95. The van der Waals surface area contributed by atoms with Crippen LogP contribution in [0.25, 0.3) is 0 Å². The van der Waals surface area contributed by atoms with Gasteiger partial charge in [-0.25, -0.2) is 4.39 Å². The van der Waals surface area contributed by atoms with Crippen molar-refractivity contribution in [3.8, 4) is 5.75 Å². The molecule has 0 radical (unpaired) electrons. The summed E-state index contributed by atoms with van der Waals surface area (Å²) in [6, 6.07) is 24.2. The highest BCUT2D eigenvalue weighted by molar-refractivity contribution is 5.71. The lowest BCUT2D eigenvalue weighted by Crippen LogP contribution is -2.51. The van der Waals surface area contributed by atoms with E-state index in [1.165, 1.54) is 12.1 Å². The summed E-state index contributed by atoms with van der Waals surface area (Å²) in [6.45, 7) is 0.526. The zero-order valence-electron chi connectivity index (χ0n) is 14.8. The summed E-state index contributed by atoms with van der Waals surface area (Å²) in [7, 11) is 0. The van der Waals surface area contributed by atoms with Crippen molar-refractivity contribution >= 4 is 12.0 Å². The summed E-state index contributed by atoms with van der Waals surface area (Å²) in [4.78, 5) is 13.4. The monoisotopic (exact) mass is 361 g/mol. The summed E-state index contributed by atoms with van der Waals surface area (Å²) in [5, 5.41) is 0. The Morgan fingerprint density at radius 2 is 1.67 bits per heavy atom. The standard InChI is InChI=1S/C23H20FNO2/c24-19-8-10-20(11-9-19)25-21(15-26)14-23(25)18-6-12-22(13-7-18)27-16-17-4-2-1-3-5-17/h1-13,15,21,23H,14,16H2/t21?,23-/m0/s1. The van der Waals surface area contributed by atoms with E-state index in [0.29, 0.717) is 6.61 Å². The largest absolute Gasteiger partial charge is 0.489 e. The molecule has 1 aliphatic rings. The molecule has 2 atom stereocenters. The number of benzene rings is 3. The smallest absolute Gasteiger partial charge is 0.142 e. The van der Waals surface area contributed by atoms with Crippen molar-refractivity contribution in [1.29, 1.82) is 0 Å². The van der Waals surface area contributed by atoms with Crippen LogP contribution in [0.15, 0.2) is 78.9 Å². The zero-order valence-corrected chi connectivity index (χ0v) is 14.8. The number of carbonyl (C=O) groups is 1.